The van der Waals surface area contributed by atoms with Gasteiger partial charge in [-0.15, -0.1) is 0 Å². The Balaban J connectivity index is 2.62. The second kappa shape index (κ2) is 4.13. The van der Waals surface area contributed by atoms with E-state index < -0.39 is 0 Å². The quantitative estimate of drug-likeness (QED) is 0.646. The molecule has 0 heteroatoms. The Kier molecular flexibility index (Phi) is 2.82. The monoisotopic (exact) mass is 210 g/mol. The van der Waals surface area contributed by atoms with Crippen LogP contribution in [0.4, 0.5) is 0 Å². The lowest BCUT2D eigenvalue weighted by Gasteiger charge is -2.11. The molecule has 16 heavy (non-hydrogen) atoms. The standard InChI is InChI=1S/C16H18/c1-11-6-8-15(14(4)9-11)16-10-12(2)5-7-13(16)3/h5-10H,1-4H3. The predicted molar refractivity (Wildman–Crippen MR) is 70.8 cm³/mol. The number of aryl methyl sites for hydroxylation is 4. The lowest BCUT2D eigenvalue weighted by Crippen LogP contribution is -1.88. The number of benzene rings is 2. The molecule has 0 aliphatic heterocycles. The molecule has 2 aromatic rings. The van der Waals surface area contributed by atoms with Crippen molar-refractivity contribution in [3.63, 3.8) is 0 Å². The first-order chi connectivity index (χ1) is 7.58. The van der Waals surface area contributed by atoms with E-state index in [1.165, 1.54) is 33.4 Å². The van der Waals surface area contributed by atoms with E-state index >= 15 is 0 Å². The van der Waals surface area contributed by atoms with Crippen LogP contribution in [0.1, 0.15) is 22.3 Å². The fourth-order valence-corrected chi connectivity index (χ4v) is 2.14. The molecule has 0 bridgehead atoms. The lowest BCUT2D eigenvalue weighted by molar-refractivity contribution is 1.34. The van der Waals surface area contributed by atoms with Crippen molar-refractivity contribution in [2.75, 3.05) is 0 Å². The minimum absolute atomic E-state index is 1.32. The largest absolute Gasteiger partial charge is 0.0590 e. The molecule has 0 spiro atoms. The summed E-state index contributed by atoms with van der Waals surface area (Å²) in [4.78, 5) is 0. The van der Waals surface area contributed by atoms with Crippen LogP contribution in [0.3, 0.4) is 0 Å². The van der Waals surface area contributed by atoms with Crippen molar-refractivity contribution >= 4 is 0 Å². The van der Waals surface area contributed by atoms with E-state index in [0.717, 1.165) is 0 Å². The van der Waals surface area contributed by atoms with E-state index in [4.69, 9.17) is 0 Å². The van der Waals surface area contributed by atoms with Crippen LogP contribution in [0, 0.1) is 27.7 Å². The van der Waals surface area contributed by atoms with Gasteiger partial charge in [0.25, 0.3) is 0 Å². The van der Waals surface area contributed by atoms with Crippen LogP contribution in [0.5, 0.6) is 0 Å². The second-order valence-corrected chi connectivity index (χ2v) is 4.64. The summed E-state index contributed by atoms with van der Waals surface area (Å²) in [7, 11) is 0. The fraction of sp³-hybridized carbons (Fsp3) is 0.250. The maximum Gasteiger partial charge on any atom is -0.0149 e. The maximum atomic E-state index is 2.27. The third-order valence-corrected chi connectivity index (χ3v) is 3.07. The van der Waals surface area contributed by atoms with E-state index in [1.807, 2.05) is 0 Å². The molecule has 0 fully saturated rings. The van der Waals surface area contributed by atoms with Crippen molar-refractivity contribution in [1.29, 1.82) is 0 Å². The van der Waals surface area contributed by atoms with E-state index in [0.29, 0.717) is 0 Å². The maximum absolute atomic E-state index is 2.27. The minimum Gasteiger partial charge on any atom is -0.0590 e. The minimum atomic E-state index is 1.32. The predicted octanol–water partition coefficient (Wildman–Crippen LogP) is 4.59. The molecule has 0 atom stereocenters. The Hall–Kier alpha value is -1.56. The topological polar surface area (TPSA) is 0 Å². The molecular weight excluding hydrogens is 192 g/mol. The van der Waals surface area contributed by atoms with E-state index in [2.05, 4.69) is 64.1 Å². The van der Waals surface area contributed by atoms with Gasteiger partial charge in [-0.1, -0.05) is 47.5 Å². The zero-order valence-corrected chi connectivity index (χ0v) is 10.5. The lowest BCUT2D eigenvalue weighted by atomic mass is 9.94. The Morgan fingerprint density at radius 1 is 0.562 bits per heavy atom. The highest BCUT2D eigenvalue weighted by atomic mass is 14.1. The Morgan fingerprint density at radius 2 is 1.19 bits per heavy atom. The van der Waals surface area contributed by atoms with Crippen LogP contribution in [0.2, 0.25) is 0 Å². The smallest absolute Gasteiger partial charge is 0.0149 e. The first-order valence-electron chi connectivity index (χ1n) is 5.73. The third-order valence-electron chi connectivity index (χ3n) is 3.07. The normalized spacial score (nSPS) is 10.5. The van der Waals surface area contributed by atoms with Crippen LogP contribution in [0.15, 0.2) is 36.4 Å². The van der Waals surface area contributed by atoms with Gasteiger partial charge >= 0.3 is 0 Å². The molecule has 0 unspecified atom stereocenters. The highest BCUT2D eigenvalue weighted by Crippen LogP contribution is 2.28. The number of hydrogen-bond donors (Lipinski definition) is 0. The molecule has 0 amide bonds. The van der Waals surface area contributed by atoms with Crippen LogP contribution in [-0.4, -0.2) is 0 Å². The summed E-state index contributed by atoms with van der Waals surface area (Å²) < 4.78 is 0. The summed E-state index contributed by atoms with van der Waals surface area (Å²) >= 11 is 0. The molecule has 0 saturated heterocycles. The van der Waals surface area contributed by atoms with E-state index in [9.17, 15) is 0 Å². The van der Waals surface area contributed by atoms with Gasteiger partial charge in [0.15, 0.2) is 0 Å². The van der Waals surface area contributed by atoms with Gasteiger partial charge in [-0.05, 0) is 49.9 Å². The molecule has 0 radical (unpaired) electrons. The summed E-state index contributed by atoms with van der Waals surface area (Å²) in [6.45, 7) is 8.64. The van der Waals surface area contributed by atoms with Gasteiger partial charge in [0.1, 0.15) is 0 Å². The van der Waals surface area contributed by atoms with Gasteiger partial charge in [-0.3, -0.25) is 0 Å². The molecule has 0 aliphatic carbocycles. The highest BCUT2D eigenvalue weighted by Gasteiger charge is 2.05. The zero-order valence-electron chi connectivity index (χ0n) is 10.5. The van der Waals surface area contributed by atoms with Crippen LogP contribution < -0.4 is 0 Å². The molecule has 0 N–H and O–H groups in total. The van der Waals surface area contributed by atoms with Gasteiger partial charge < -0.3 is 0 Å². The van der Waals surface area contributed by atoms with Crippen molar-refractivity contribution in [2.24, 2.45) is 0 Å². The molecule has 2 aromatic carbocycles. The van der Waals surface area contributed by atoms with E-state index in [-0.39, 0.29) is 0 Å². The zero-order chi connectivity index (χ0) is 11.7. The SMILES string of the molecule is Cc1ccc(-c2cc(C)ccc2C)c(C)c1. The molecule has 0 aliphatic rings. The average molecular weight is 210 g/mol. The van der Waals surface area contributed by atoms with Gasteiger partial charge in [0.2, 0.25) is 0 Å². The molecule has 2 rings (SSSR count). The van der Waals surface area contributed by atoms with Crippen molar-refractivity contribution in [3.05, 3.63) is 58.7 Å². The molecular formula is C16H18. The third kappa shape index (κ3) is 2.01. The molecule has 0 saturated carbocycles. The van der Waals surface area contributed by atoms with Gasteiger partial charge in [0.05, 0.1) is 0 Å². The van der Waals surface area contributed by atoms with E-state index in [1.54, 1.807) is 0 Å². The summed E-state index contributed by atoms with van der Waals surface area (Å²) in [5.41, 5.74) is 8.06. The molecule has 0 heterocycles. The number of rotatable bonds is 1. The first kappa shape index (κ1) is 10.9. The fourth-order valence-electron chi connectivity index (χ4n) is 2.14. The molecule has 0 aromatic heterocycles. The van der Waals surface area contributed by atoms with Crippen LogP contribution >= 0.6 is 0 Å². The Bertz CT molecular complexity index is 522. The van der Waals surface area contributed by atoms with Gasteiger partial charge in [0, 0.05) is 0 Å². The van der Waals surface area contributed by atoms with Crippen molar-refractivity contribution in [3.8, 4) is 11.1 Å². The summed E-state index contributed by atoms with van der Waals surface area (Å²) in [5, 5.41) is 0. The summed E-state index contributed by atoms with van der Waals surface area (Å²) in [5.74, 6) is 0. The summed E-state index contributed by atoms with van der Waals surface area (Å²) in [6.07, 6.45) is 0. The summed E-state index contributed by atoms with van der Waals surface area (Å²) in [6, 6.07) is 13.3. The van der Waals surface area contributed by atoms with Crippen molar-refractivity contribution < 1.29 is 0 Å². The molecule has 82 valence electrons. The Labute approximate surface area is 97.9 Å². The van der Waals surface area contributed by atoms with Gasteiger partial charge in [-0.2, -0.15) is 0 Å². The number of hydrogen-bond acceptors (Lipinski definition) is 0. The van der Waals surface area contributed by atoms with Gasteiger partial charge in [-0.25, -0.2) is 0 Å². The van der Waals surface area contributed by atoms with Crippen molar-refractivity contribution in [2.45, 2.75) is 27.7 Å². The van der Waals surface area contributed by atoms with Crippen LogP contribution in [0.25, 0.3) is 11.1 Å². The first-order valence-corrected chi connectivity index (χ1v) is 5.73. The Morgan fingerprint density at radius 3 is 1.88 bits per heavy atom. The average Bonchev–Trinajstić information content (AvgIpc) is 2.22. The van der Waals surface area contributed by atoms with Crippen LogP contribution in [-0.2, 0) is 0 Å². The van der Waals surface area contributed by atoms with Crippen molar-refractivity contribution in [1.82, 2.24) is 0 Å². The molecule has 0 nitrogen and oxygen atoms in total. The second-order valence-electron chi connectivity index (χ2n) is 4.64. The highest BCUT2D eigenvalue weighted by molar-refractivity contribution is 5.71.